The average Bonchev–Trinajstić information content (AvgIpc) is 2.46. The molecule has 1 saturated carbocycles. The Morgan fingerprint density at radius 1 is 1.35 bits per heavy atom. The van der Waals surface area contributed by atoms with Gasteiger partial charge in [-0.2, -0.15) is 0 Å². The lowest BCUT2D eigenvalue weighted by Crippen LogP contribution is -2.40. The van der Waals surface area contributed by atoms with E-state index in [2.05, 4.69) is 27.2 Å². The Bertz CT molecular complexity index is 489. The van der Waals surface area contributed by atoms with Crippen molar-refractivity contribution in [3.05, 3.63) is 22.2 Å². The molecule has 0 aliphatic heterocycles. The highest BCUT2D eigenvalue weighted by Crippen LogP contribution is 2.25. The minimum absolute atomic E-state index is 0.0607. The molecule has 1 aliphatic rings. The molecule has 20 heavy (non-hydrogen) atoms. The average molecular weight is 278 g/mol. The fourth-order valence-electron chi connectivity index (χ4n) is 2.86. The first-order valence-electron chi connectivity index (χ1n) is 7.52. The van der Waals surface area contributed by atoms with Gasteiger partial charge in [0.15, 0.2) is 0 Å². The Labute approximate surface area is 120 Å². The van der Waals surface area contributed by atoms with E-state index in [1.54, 1.807) is 6.07 Å². The topological polar surface area (TPSA) is 61.0 Å². The Kier molecular flexibility index (Phi) is 4.81. The van der Waals surface area contributed by atoms with Gasteiger partial charge in [-0.1, -0.05) is 13.8 Å². The van der Waals surface area contributed by atoms with Gasteiger partial charge in [-0.25, -0.2) is 4.98 Å². The van der Waals surface area contributed by atoms with Crippen LogP contribution in [0.5, 0.6) is 0 Å². The fourth-order valence-corrected chi connectivity index (χ4v) is 2.86. The Morgan fingerprint density at radius 2 is 2.00 bits per heavy atom. The third-order valence-electron chi connectivity index (χ3n) is 4.31. The maximum Gasteiger partial charge on any atom is 0.252 e. The number of hydrogen-bond donors (Lipinski definition) is 2. The van der Waals surface area contributed by atoms with Gasteiger partial charge >= 0.3 is 0 Å². The number of anilines is 1. The third-order valence-corrected chi connectivity index (χ3v) is 4.31. The summed E-state index contributed by atoms with van der Waals surface area (Å²) in [7, 11) is 4.08. The number of rotatable bonds is 4. The second-order valence-corrected chi connectivity index (χ2v) is 6.05. The molecule has 1 aromatic rings. The van der Waals surface area contributed by atoms with E-state index in [0.29, 0.717) is 12.1 Å². The van der Waals surface area contributed by atoms with Crippen LogP contribution in [0.1, 0.15) is 51.3 Å². The van der Waals surface area contributed by atoms with E-state index in [-0.39, 0.29) is 11.5 Å². The van der Waals surface area contributed by atoms with Gasteiger partial charge in [-0.05, 0) is 32.7 Å². The Balaban J connectivity index is 2.13. The summed E-state index contributed by atoms with van der Waals surface area (Å²) in [6.07, 6.45) is 4.67. The first-order valence-corrected chi connectivity index (χ1v) is 7.52. The van der Waals surface area contributed by atoms with Crippen LogP contribution in [0.2, 0.25) is 0 Å². The van der Waals surface area contributed by atoms with Crippen LogP contribution in [-0.2, 0) is 0 Å². The van der Waals surface area contributed by atoms with Crippen molar-refractivity contribution < 1.29 is 0 Å². The zero-order valence-electron chi connectivity index (χ0n) is 12.9. The smallest absolute Gasteiger partial charge is 0.252 e. The Morgan fingerprint density at radius 3 is 2.55 bits per heavy atom. The quantitative estimate of drug-likeness (QED) is 0.882. The lowest BCUT2D eigenvalue weighted by Gasteiger charge is -2.35. The van der Waals surface area contributed by atoms with Crippen LogP contribution in [0.3, 0.4) is 0 Å². The molecule has 2 rings (SSSR count). The van der Waals surface area contributed by atoms with E-state index in [9.17, 15) is 4.79 Å². The first-order chi connectivity index (χ1) is 9.51. The Hall–Kier alpha value is -1.36. The zero-order valence-corrected chi connectivity index (χ0v) is 12.9. The molecular weight excluding hydrogens is 252 g/mol. The van der Waals surface area contributed by atoms with Gasteiger partial charge in [0.05, 0.1) is 0 Å². The molecular formula is C15H26N4O. The largest absolute Gasteiger partial charge is 0.356 e. The van der Waals surface area contributed by atoms with E-state index in [0.717, 1.165) is 24.5 Å². The van der Waals surface area contributed by atoms with Crippen LogP contribution in [0, 0.1) is 0 Å². The van der Waals surface area contributed by atoms with Crippen LogP contribution < -0.4 is 15.8 Å². The standard InChI is InChI=1S/C15H26N4O/c1-10(2)15-17-13(9-14(20)18-15)19(4)12-7-5-11(16-3)6-8-12/h9-12,16H,5-8H2,1-4H3,(H,17,18,20). The molecule has 5 nitrogen and oxygen atoms in total. The van der Waals surface area contributed by atoms with Crippen LogP contribution in [0.15, 0.2) is 10.9 Å². The van der Waals surface area contributed by atoms with Crippen LogP contribution >= 0.6 is 0 Å². The number of H-pyrrole nitrogens is 1. The van der Waals surface area contributed by atoms with Gasteiger partial charge in [-0.15, -0.1) is 0 Å². The summed E-state index contributed by atoms with van der Waals surface area (Å²) >= 11 is 0. The molecule has 0 saturated heterocycles. The second kappa shape index (κ2) is 6.39. The van der Waals surface area contributed by atoms with Gasteiger partial charge in [0.2, 0.25) is 0 Å². The van der Waals surface area contributed by atoms with Crippen molar-refractivity contribution in [3.63, 3.8) is 0 Å². The number of hydrogen-bond acceptors (Lipinski definition) is 4. The molecule has 112 valence electrons. The SMILES string of the molecule is CNC1CCC(N(C)c2cc(=O)[nH]c(C(C)C)n2)CC1. The predicted molar refractivity (Wildman–Crippen MR) is 82.5 cm³/mol. The van der Waals surface area contributed by atoms with Gasteiger partial charge < -0.3 is 15.2 Å². The third kappa shape index (κ3) is 3.39. The lowest BCUT2D eigenvalue weighted by molar-refractivity contribution is 0.350. The minimum atomic E-state index is -0.0607. The first kappa shape index (κ1) is 15.0. The van der Waals surface area contributed by atoms with E-state index in [1.165, 1.54) is 12.8 Å². The number of aromatic amines is 1. The summed E-state index contributed by atoms with van der Waals surface area (Å²) in [5, 5.41) is 3.35. The van der Waals surface area contributed by atoms with Crippen molar-refractivity contribution in [3.8, 4) is 0 Å². The van der Waals surface area contributed by atoms with Gasteiger partial charge in [0.1, 0.15) is 11.6 Å². The zero-order chi connectivity index (χ0) is 14.7. The predicted octanol–water partition coefficient (Wildman–Crippen LogP) is 1.86. The molecule has 5 heteroatoms. The summed E-state index contributed by atoms with van der Waals surface area (Å²) in [5.41, 5.74) is -0.0607. The van der Waals surface area contributed by atoms with Crippen molar-refractivity contribution >= 4 is 5.82 Å². The molecule has 1 aromatic heterocycles. The molecule has 1 heterocycles. The van der Waals surface area contributed by atoms with E-state index in [4.69, 9.17) is 0 Å². The van der Waals surface area contributed by atoms with Crippen molar-refractivity contribution in [1.82, 2.24) is 15.3 Å². The number of aromatic nitrogens is 2. The van der Waals surface area contributed by atoms with Gasteiger partial charge in [0.25, 0.3) is 5.56 Å². The van der Waals surface area contributed by atoms with Crippen molar-refractivity contribution in [1.29, 1.82) is 0 Å². The number of nitrogens with one attached hydrogen (secondary N) is 2. The van der Waals surface area contributed by atoms with Crippen LogP contribution in [0.4, 0.5) is 5.82 Å². The summed E-state index contributed by atoms with van der Waals surface area (Å²) in [4.78, 5) is 21.4. The van der Waals surface area contributed by atoms with E-state index < -0.39 is 0 Å². The normalized spacial score (nSPS) is 23.1. The van der Waals surface area contributed by atoms with Gasteiger partial charge in [-0.3, -0.25) is 4.79 Å². The summed E-state index contributed by atoms with van der Waals surface area (Å²) in [5.74, 6) is 1.80. The molecule has 1 aliphatic carbocycles. The maximum atomic E-state index is 11.8. The maximum absolute atomic E-state index is 11.8. The molecule has 0 unspecified atom stereocenters. The molecule has 2 N–H and O–H groups in total. The van der Waals surface area contributed by atoms with Crippen molar-refractivity contribution in [2.45, 2.75) is 57.5 Å². The highest BCUT2D eigenvalue weighted by molar-refractivity contribution is 5.38. The molecule has 0 amide bonds. The molecule has 0 spiro atoms. The van der Waals surface area contributed by atoms with Crippen molar-refractivity contribution in [2.75, 3.05) is 19.0 Å². The summed E-state index contributed by atoms with van der Waals surface area (Å²) in [6.45, 7) is 4.08. The highest BCUT2D eigenvalue weighted by atomic mass is 16.1. The molecule has 0 atom stereocenters. The molecule has 0 radical (unpaired) electrons. The summed E-state index contributed by atoms with van der Waals surface area (Å²) < 4.78 is 0. The molecule has 0 bridgehead atoms. The highest BCUT2D eigenvalue weighted by Gasteiger charge is 2.24. The number of nitrogens with zero attached hydrogens (tertiary/aromatic N) is 2. The minimum Gasteiger partial charge on any atom is -0.356 e. The van der Waals surface area contributed by atoms with Crippen molar-refractivity contribution in [2.24, 2.45) is 0 Å². The molecule has 1 fully saturated rings. The molecule has 0 aromatic carbocycles. The van der Waals surface area contributed by atoms with Gasteiger partial charge in [0, 0.05) is 31.1 Å². The monoisotopic (exact) mass is 278 g/mol. The van der Waals surface area contributed by atoms with Crippen LogP contribution in [-0.4, -0.2) is 36.1 Å². The van der Waals surface area contributed by atoms with Crippen LogP contribution in [0.25, 0.3) is 0 Å². The second-order valence-electron chi connectivity index (χ2n) is 6.05. The van der Waals surface area contributed by atoms with E-state index >= 15 is 0 Å². The summed E-state index contributed by atoms with van der Waals surface area (Å²) in [6, 6.07) is 2.72. The lowest BCUT2D eigenvalue weighted by atomic mass is 9.90. The fraction of sp³-hybridized carbons (Fsp3) is 0.733. The van der Waals surface area contributed by atoms with E-state index in [1.807, 2.05) is 20.9 Å².